The molecule has 1 aromatic rings. The van der Waals surface area contributed by atoms with Crippen molar-refractivity contribution in [3.8, 4) is 0 Å². The summed E-state index contributed by atoms with van der Waals surface area (Å²) in [7, 11) is 0.943. The zero-order valence-electron chi connectivity index (χ0n) is 10.3. The molecule has 0 saturated heterocycles. The quantitative estimate of drug-likeness (QED) is 0.924. The maximum Gasteiger partial charge on any atom is 0.0562 e. The van der Waals surface area contributed by atoms with E-state index in [9.17, 15) is 4.21 Å². The maximum absolute atomic E-state index is 12.5. The van der Waals surface area contributed by atoms with Gasteiger partial charge in [-0.15, -0.1) is 0 Å². The van der Waals surface area contributed by atoms with Gasteiger partial charge in [0.25, 0.3) is 0 Å². The molecule has 0 spiro atoms. The topological polar surface area (TPSA) is 29.1 Å². The Hall–Kier alpha value is -0.0900. The summed E-state index contributed by atoms with van der Waals surface area (Å²) in [4.78, 5) is 0.745. The van der Waals surface area contributed by atoms with E-state index < -0.39 is 10.8 Å². The van der Waals surface area contributed by atoms with Crippen LogP contribution in [0, 0.1) is 0 Å². The van der Waals surface area contributed by atoms with E-state index in [0.29, 0.717) is 16.1 Å². The first kappa shape index (κ1) is 14.3. The van der Waals surface area contributed by atoms with Crippen molar-refractivity contribution < 1.29 is 4.21 Å². The van der Waals surface area contributed by atoms with Crippen LogP contribution in [0.2, 0.25) is 10.0 Å². The smallest absolute Gasteiger partial charge is 0.0562 e. The highest BCUT2D eigenvalue weighted by Crippen LogP contribution is 2.29. The van der Waals surface area contributed by atoms with E-state index in [-0.39, 0.29) is 5.25 Å². The second-order valence-corrected chi connectivity index (χ2v) is 7.28. The summed E-state index contributed by atoms with van der Waals surface area (Å²) in [5, 5.41) is 4.57. The standard InChI is InChI=1S/C13H17Cl2NOS/c1-16-11-3-2-4-12(8-11)18(17)13-6-9(14)5-10(15)7-13/h5-7,11-12,16H,2-4,8H2,1H3. The lowest BCUT2D eigenvalue weighted by Crippen LogP contribution is -2.35. The highest BCUT2D eigenvalue weighted by atomic mass is 35.5. The van der Waals surface area contributed by atoms with Crippen molar-refractivity contribution in [2.24, 2.45) is 0 Å². The van der Waals surface area contributed by atoms with Gasteiger partial charge in [-0.3, -0.25) is 4.21 Å². The van der Waals surface area contributed by atoms with E-state index in [0.717, 1.165) is 24.2 Å². The van der Waals surface area contributed by atoms with Gasteiger partial charge in [-0.2, -0.15) is 0 Å². The van der Waals surface area contributed by atoms with Crippen LogP contribution in [0.1, 0.15) is 25.7 Å². The van der Waals surface area contributed by atoms with E-state index >= 15 is 0 Å². The third kappa shape index (κ3) is 3.47. The molecule has 5 heteroatoms. The molecule has 1 aliphatic rings. The Morgan fingerprint density at radius 1 is 1.22 bits per heavy atom. The zero-order valence-corrected chi connectivity index (χ0v) is 12.6. The Kier molecular flexibility index (Phi) is 5.07. The molecule has 1 aromatic carbocycles. The van der Waals surface area contributed by atoms with Crippen molar-refractivity contribution in [2.75, 3.05) is 7.05 Å². The van der Waals surface area contributed by atoms with Crippen LogP contribution in [0.5, 0.6) is 0 Å². The summed E-state index contributed by atoms with van der Waals surface area (Å²) in [5.41, 5.74) is 0. The summed E-state index contributed by atoms with van der Waals surface area (Å²) >= 11 is 11.9. The minimum absolute atomic E-state index is 0.200. The molecule has 18 heavy (non-hydrogen) atoms. The van der Waals surface area contributed by atoms with Crippen LogP contribution in [0.25, 0.3) is 0 Å². The van der Waals surface area contributed by atoms with E-state index in [2.05, 4.69) is 5.32 Å². The molecule has 0 amide bonds. The molecule has 3 unspecified atom stereocenters. The van der Waals surface area contributed by atoms with Gasteiger partial charge < -0.3 is 5.32 Å². The molecule has 0 heterocycles. The van der Waals surface area contributed by atoms with Gasteiger partial charge in [0.2, 0.25) is 0 Å². The van der Waals surface area contributed by atoms with Crippen LogP contribution >= 0.6 is 23.2 Å². The Balaban J connectivity index is 2.15. The molecule has 2 rings (SSSR count). The molecular formula is C13H17Cl2NOS. The average Bonchev–Trinajstić information content (AvgIpc) is 2.37. The van der Waals surface area contributed by atoms with Gasteiger partial charge >= 0.3 is 0 Å². The predicted octanol–water partition coefficient (Wildman–Crippen LogP) is 3.63. The first-order chi connectivity index (χ1) is 8.60. The molecule has 2 nitrogen and oxygen atoms in total. The molecule has 0 bridgehead atoms. The average molecular weight is 306 g/mol. The molecule has 1 fully saturated rings. The first-order valence-corrected chi connectivity index (χ1v) is 8.11. The maximum atomic E-state index is 12.5. The van der Waals surface area contributed by atoms with Crippen molar-refractivity contribution in [3.63, 3.8) is 0 Å². The zero-order chi connectivity index (χ0) is 13.1. The van der Waals surface area contributed by atoms with Crippen LogP contribution < -0.4 is 5.32 Å². The molecule has 0 aromatic heterocycles. The molecule has 1 aliphatic carbocycles. The van der Waals surface area contributed by atoms with Crippen molar-refractivity contribution >= 4 is 34.0 Å². The largest absolute Gasteiger partial charge is 0.317 e. The van der Waals surface area contributed by atoms with Crippen molar-refractivity contribution in [3.05, 3.63) is 28.2 Å². The molecule has 0 radical (unpaired) electrons. The fourth-order valence-corrected chi connectivity index (χ4v) is 4.75. The predicted molar refractivity (Wildman–Crippen MR) is 78.0 cm³/mol. The number of hydrogen-bond acceptors (Lipinski definition) is 2. The van der Waals surface area contributed by atoms with Gasteiger partial charge in [-0.1, -0.05) is 29.6 Å². The van der Waals surface area contributed by atoms with Gasteiger partial charge in [-0.25, -0.2) is 0 Å². The Bertz CT molecular complexity index is 432. The minimum Gasteiger partial charge on any atom is -0.317 e. The number of benzene rings is 1. The molecule has 1 N–H and O–H groups in total. The monoisotopic (exact) mass is 305 g/mol. The summed E-state index contributed by atoms with van der Waals surface area (Å²) < 4.78 is 12.5. The first-order valence-electron chi connectivity index (χ1n) is 6.14. The van der Waals surface area contributed by atoms with Gasteiger partial charge in [-0.05, 0) is 44.5 Å². The summed E-state index contributed by atoms with van der Waals surface area (Å²) in [6.45, 7) is 0. The van der Waals surface area contributed by atoms with Gasteiger partial charge in [0.05, 0.1) is 10.8 Å². The lowest BCUT2D eigenvalue weighted by atomic mass is 9.95. The Labute approximate surface area is 121 Å². The number of nitrogens with one attached hydrogen (secondary N) is 1. The van der Waals surface area contributed by atoms with E-state index in [4.69, 9.17) is 23.2 Å². The second-order valence-electron chi connectivity index (χ2n) is 4.68. The van der Waals surface area contributed by atoms with E-state index in [1.54, 1.807) is 18.2 Å². The third-order valence-corrected chi connectivity index (χ3v) is 5.58. The number of halogens is 2. The third-order valence-electron chi connectivity index (χ3n) is 3.41. The van der Waals surface area contributed by atoms with E-state index in [1.165, 1.54) is 6.42 Å². The fourth-order valence-electron chi connectivity index (χ4n) is 2.44. The van der Waals surface area contributed by atoms with Crippen molar-refractivity contribution in [1.29, 1.82) is 0 Å². The normalized spacial score (nSPS) is 25.9. The lowest BCUT2D eigenvalue weighted by Gasteiger charge is -2.28. The highest BCUT2D eigenvalue weighted by Gasteiger charge is 2.26. The SMILES string of the molecule is CNC1CCCC(S(=O)c2cc(Cl)cc(Cl)c2)C1. The highest BCUT2D eigenvalue weighted by molar-refractivity contribution is 7.85. The van der Waals surface area contributed by atoms with Crippen LogP contribution in [0.4, 0.5) is 0 Å². The van der Waals surface area contributed by atoms with Crippen LogP contribution in [0.3, 0.4) is 0 Å². The van der Waals surface area contributed by atoms with Crippen LogP contribution in [-0.4, -0.2) is 22.5 Å². The van der Waals surface area contributed by atoms with Crippen LogP contribution in [-0.2, 0) is 10.8 Å². The van der Waals surface area contributed by atoms with Gasteiger partial charge in [0.1, 0.15) is 0 Å². The molecule has 1 saturated carbocycles. The van der Waals surface area contributed by atoms with Gasteiger partial charge in [0.15, 0.2) is 0 Å². The van der Waals surface area contributed by atoms with Crippen molar-refractivity contribution in [2.45, 2.75) is 41.9 Å². The Morgan fingerprint density at radius 3 is 2.50 bits per heavy atom. The lowest BCUT2D eigenvalue weighted by molar-refractivity contribution is 0.398. The molecular weight excluding hydrogens is 289 g/mol. The number of hydrogen-bond donors (Lipinski definition) is 1. The number of rotatable bonds is 3. The second kappa shape index (κ2) is 6.38. The van der Waals surface area contributed by atoms with Crippen molar-refractivity contribution in [1.82, 2.24) is 5.32 Å². The van der Waals surface area contributed by atoms with E-state index in [1.807, 2.05) is 7.05 Å². The summed E-state index contributed by atoms with van der Waals surface area (Å²) in [5.74, 6) is 0. The molecule has 0 aliphatic heterocycles. The van der Waals surface area contributed by atoms with Crippen LogP contribution in [0.15, 0.2) is 23.1 Å². The minimum atomic E-state index is -1.02. The summed E-state index contributed by atoms with van der Waals surface area (Å²) in [6.07, 6.45) is 4.25. The summed E-state index contributed by atoms with van der Waals surface area (Å²) in [6, 6.07) is 5.66. The fraction of sp³-hybridized carbons (Fsp3) is 0.538. The van der Waals surface area contributed by atoms with Gasteiger partial charge in [0, 0.05) is 26.2 Å². The molecule has 3 atom stereocenters. The molecule has 100 valence electrons. The Morgan fingerprint density at radius 2 is 1.89 bits per heavy atom.